The number of sulfonamides is 1. The Kier molecular flexibility index (Phi) is 20.1. The first-order valence-electron chi connectivity index (χ1n) is 27.5. The summed E-state index contributed by atoms with van der Waals surface area (Å²) >= 11 is 1.55. The van der Waals surface area contributed by atoms with E-state index in [2.05, 4.69) is 45.6 Å². The number of hydrogen-bond donors (Lipinski definition) is 6. The number of aliphatic hydroxyl groups is 1. The number of aliphatic hydroxyl groups excluding tert-OH is 1. The number of nitrogens with one attached hydrogen (secondary N) is 4. The molecular weight excluding hydrogens is 1170 g/mol. The second kappa shape index (κ2) is 27.0. The number of rotatable bonds is 25. The molecule has 0 saturated carbocycles. The lowest BCUT2D eigenvalue weighted by molar-refractivity contribution is -0.142. The van der Waals surface area contributed by atoms with Gasteiger partial charge in [-0.25, -0.2) is 27.5 Å². The predicted molar refractivity (Wildman–Crippen MR) is 324 cm³/mol. The van der Waals surface area contributed by atoms with Crippen molar-refractivity contribution in [3.63, 3.8) is 0 Å². The Balaban J connectivity index is 0.957. The van der Waals surface area contributed by atoms with Gasteiger partial charge in [-0.2, -0.15) is 13.9 Å². The number of β-amino-alcohol motifs (C(OH)–C–C–N with tert-alkyl or cyclic N) is 1. The minimum Gasteiger partial charge on any atom is -0.487 e. The molecule has 4 heterocycles. The van der Waals surface area contributed by atoms with Gasteiger partial charge in [0, 0.05) is 45.3 Å². The van der Waals surface area contributed by atoms with E-state index in [4.69, 9.17) is 25.0 Å². The van der Waals surface area contributed by atoms with Gasteiger partial charge in [-0.05, 0) is 96.1 Å². The summed E-state index contributed by atoms with van der Waals surface area (Å²) in [6.45, 7) is 15.8. The molecule has 0 spiro atoms. The summed E-state index contributed by atoms with van der Waals surface area (Å²) in [6, 6.07) is 25.5. The Morgan fingerprint density at radius 1 is 0.930 bits per heavy atom. The van der Waals surface area contributed by atoms with Gasteiger partial charge in [-0.1, -0.05) is 95.0 Å². The van der Waals surface area contributed by atoms with Crippen LogP contribution in [0.2, 0.25) is 25.7 Å². The lowest BCUT2D eigenvalue weighted by atomic mass is 9.85. The number of anilines is 3. The first kappa shape index (κ1) is 63.8. The average molecular weight is 1240 g/mol. The fourth-order valence-electron chi connectivity index (χ4n) is 9.31. The highest BCUT2D eigenvalue weighted by Gasteiger charge is 2.44. The van der Waals surface area contributed by atoms with E-state index >= 15 is 0 Å². The van der Waals surface area contributed by atoms with Crippen LogP contribution in [-0.2, 0) is 44.2 Å². The largest absolute Gasteiger partial charge is 0.487 e. The van der Waals surface area contributed by atoms with Gasteiger partial charge >= 0.3 is 5.76 Å². The first-order valence-corrected chi connectivity index (χ1v) is 33.6. The third-order valence-corrected chi connectivity index (χ3v) is 17.7. The number of carbonyl (C=O) groups excluding carboxylic acids is 4. The molecule has 26 heteroatoms. The van der Waals surface area contributed by atoms with Crippen molar-refractivity contribution in [3.05, 3.63) is 154 Å². The highest BCUT2D eigenvalue weighted by atomic mass is 32.2. The smallest absolute Gasteiger partial charge is 0.355 e. The van der Waals surface area contributed by atoms with Crippen LogP contribution in [-0.4, -0.2) is 107 Å². The fourth-order valence-corrected chi connectivity index (χ4v) is 11.4. The monoisotopic (exact) mass is 1240 g/mol. The van der Waals surface area contributed by atoms with E-state index in [9.17, 15) is 45.9 Å². The van der Waals surface area contributed by atoms with Crippen LogP contribution in [0.4, 0.5) is 30.5 Å². The molecule has 3 aromatic heterocycles. The van der Waals surface area contributed by atoms with Crippen LogP contribution in [0, 0.1) is 18.2 Å². The number of aryl methyl sites for hydroxylation is 1. The summed E-state index contributed by atoms with van der Waals surface area (Å²) in [7, 11) is -6.73. The number of primary amides is 1. The minimum absolute atomic E-state index is 0.00950. The average Bonchev–Trinajstić information content (AvgIpc) is 2.83. The van der Waals surface area contributed by atoms with E-state index < -0.39 is 83.0 Å². The molecule has 1 aliphatic rings. The van der Waals surface area contributed by atoms with Crippen molar-refractivity contribution in [2.75, 3.05) is 23.2 Å². The molecule has 7 aromatic rings. The Hall–Kier alpha value is -8.17. The van der Waals surface area contributed by atoms with Crippen molar-refractivity contribution in [1.82, 2.24) is 35.3 Å². The number of alkyl halides is 2. The fraction of sp³-hybridized carbons (Fsp3) is 0.350. The van der Waals surface area contributed by atoms with Gasteiger partial charge < -0.3 is 45.9 Å². The molecule has 20 nitrogen and oxygen atoms in total. The number of likely N-dealkylation sites (tertiary alicyclic amines) is 1. The molecule has 4 amide bonds. The van der Waals surface area contributed by atoms with Crippen molar-refractivity contribution in [1.29, 1.82) is 0 Å². The summed E-state index contributed by atoms with van der Waals surface area (Å²) < 4.78 is 87.3. The van der Waals surface area contributed by atoms with Gasteiger partial charge in [0.15, 0.2) is 0 Å². The van der Waals surface area contributed by atoms with Crippen molar-refractivity contribution in [2.24, 2.45) is 11.1 Å². The van der Waals surface area contributed by atoms with Gasteiger partial charge in [0.05, 0.1) is 34.1 Å². The number of ether oxygens (including phenoxy) is 3. The molecule has 4 atom stereocenters. The zero-order chi connectivity index (χ0) is 62.3. The summed E-state index contributed by atoms with van der Waals surface area (Å²) in [5.74, 6) is -6.34. The maximum Gasteiger partial charge on any atom is 0.355 e. The number of hydrogen-bond acceptors (Lipinski definition) is 15. The molecule has 1 saturated heterocycles. The molecule has 86 heavy (non-hydrogen) atoms. The molecule has 456 valence electrons. The standard InChI is InChI=1S/C60H69F3N10O10S2Si/c1-35-52(84-33-67-35)40-14-12-37(13-15-40)29-66-57(77)47-28-44(74)31-72(47)58(78)53(60(3,4)5)69-56(76)42-11-9-10-38(26-42)32-82-45-21-23-49(65-30-45)68-55-50(54(64)75)51(70-73(55)34-81-24-25-86(6,7)8)41-18-22-46(71-85(79,80)59(62)63)48(27-41)83-36(2)39-16-19-43(61)20-17-39/h9-23,26-27,30,33,36,44,47,53,59,71,74H,24-25,28-29,31-32,34H2,1-8H3,(H2,64,75)(H,65,68)(H,66,77)(H,69,76)/t36-,44+,47-,53+/m0/s1. The number of benzene rings is 4. The quantitative estimate of drug-likeness (QED) is 0.0230. The van der Waals surface area contributed by atoms with E-state index in [-0.39, 0.29) is 78.3 Å². The number of carbonyl (C=O) groups is 4. The topological polar surface area (TPSA) is 271 Å². The zero-order valence-corrected chi connectivity index (χ0v) is 51.3. The molecule has 0 bridgehead atoms. The van der Waals surface area contributed by atoms with E-state index in [1.165, 1.54) is 58.2 Å². The third kappa shape index (κ3) is 16.2. The molecule has 7 N–H and O–H groups in total. The van der Waals surface area contributed by atoms with E-state index in [0.717, 1.165) is 27.7 Å². The summed E-state index contributed by atoms with van der Waals surface area (Å²) in [5.41, 5.74) is 10.8. The van der Waals surface area contributed by atoms with Crippen LogP contribution < -0.4 is 35.9 Å². The predicted octanol–water partition coefficient (Wildman–Crippen LogP) is 9.78. The summed E-state index contributed by atoms with van der Waals surface area (Å²) in [6.07, 6.45) is -0.352. The number of pyridine rings is 1. The van der Waals surface area contributed by atoms with Crippen LogP contribution in [0.5, 0.6) is 11.5 Å². The maximum atomic E-state index is 14.4. The maximum absolute atomic E-state index is 14.4. The van der Waals surface area contributed by atoms with Gasteiger partial charge in [0.2, 0.25) is 11.8 Å². The number of aromatic nitrogens is 4. The summed E-state index contributed by atoms with van der Waals surface area (Å²) in [5, 5.41) is 24.4. The third-order valence-electron chi connectivity index (χ3n) is 14.1. The van der Waals surface area contributed by atoms with Gasteiger partial charge in [0.25, 0.3) is 21.8 Å². The lowest BCUT2D eigenvalue weighted by Crippen LogP contribution is -2.57. The number of amides is 4. The van der Waals surface area contributed by atoms with Crippen molar-refractivity contribution < 1.29 is 60.1 Å². The molecule has 4 aromatic carbocycles. The molecule has 8 rings (SSSR count). The summed E-state index contributed by atoms with van der Waals surface area (Å²) in [4.78, 5) is 66.8. The molecule has 0 radical (unpaired) electrons. The molecule has 0 aliphatic carbocycles. The number of nitrogens with zero attached hydrogens (tertiary/aromatic N) is 5. The SMILES string of the molecule is Cc1ncsc1-c1ccc(CNC(=O)[C@@H]2C[C@@H](O)CN2C(=O)[C@@H](NC(=O)c2cccc(COc3ccc(Nc4c(C(N)=O)c(-c5ccc(NS(=O)(=O)C(F)F)c(O[C@@H](C)c6ccc(F)cc6)c5)nn4COCC[Si](C)(C)C)nc3)c2)C(C)(C)C)cc1. The molecule has 1 aliphatic heterocycles. The van der Waals surface area contributed by atoms with Crippen LogP contribution in [0.15, 0.2) is 115 Å². The van der Waals surface area contributed by atoms with Crippen molar-refractivity contribution in [2.45, 2.75) is 117 Å². The normalized spacial score (nSPS) is 15.2. The number of halogens is 3. The second-order valence-corrected chi connectivity index (χ2v) is 31.2. The van der Waals surface area contributed by atoms with E-state index in [0.29, 0.717) is 23.5 Å². The molecular formula is C60H69F3N10O10S2Si. The van der Waals surface area contributed by atoms with Gasteiger partial charge in [0.1, 0.15) is 71.7 Å². The van der Waals surface area contributed by atoms with Crippen LogP contribution >= 0.6 is 11.3 Å². The van der Waals surface area contributed by atoms with E-state index in [1.807, 2.05) is 35.9 Å². The Morgan fingerprint density at radius 3 is 2.29 bits per heavy atom. The Bertz CT molecular complexity index is 3670. The van der Waals surface area contributed by atoms with Crippen molar-refractivity contribution in [3.8, 4) is 33.2 Å². The van der Waals surface area contributed by atoms with Gasteiger partial charge in [-0.15, -0.1) is 11.3 Å². The number of nitrogens with two attached hydrogens (primary N) is 1. The Morgan fingerprint density at radius 2 is 1.65 bits per heavy atom. The Labute approximate surface area is 501 Å². The number of thiazole rings is 1. The second-order valence-electron chi connectivity index (χ2n) is 23.1. The van der Waals surface area contributed by atoms with Crippen LogP contribution in [0.25, 0.3) is 21.7 Å². The lowest BCUT2D eigenvalue weighted by Gasteiger charge is -2.35. The molecule has 0 unspecified atom stereocenters. The highest BCUT2D eigenvalue weighted by Crippen LogP contribution is 2.39. The molecule has 1 fully saturated rings. The van der Waals surface area contributed by atoms with Gasteiger partial charge in [-0.3, -0.25) is 23.9 Å². The highest BCUT2D eigenvalue weighted by molar-refractivity contribution is 7.93. The van der Waals surface area contributed by atoms with Crippen molar-refractivity contribution >= 4 is 70.4 Å². The van der Waals surface area contributed by atoms with Crippen LogP contribution in [0.3, 0.4) is 0 Å². The van der Waals surface area contributed by atoms with Crippen LogP contribution in [0.1, 0.15) is 83.3 Å². The first-order chi connectivity index (χ1) is 40.6. The zero-order valence-electron chi connectivity index (χ0n) is 48.7. The minimum atomic E-state index is -5.18. The van der Waals surface area contributed by atoms with E-state index in [1.54, 1.807) is 80.9 Å².